The molecular formula is C11H20NO4P. The smallest absolute Gasteiger partial charge is 0.317 e. The third-order valence-electron chi connectivity index (χ3n) is 2.12. The molecule has 0 aromatic heterocycles. The number of nitrogens with one attached hydrogen (secondary N) is 1. The number of phosphoric acid groups is 1. The van der Waals surface area contributed by atoms with Crippen LogP contribution >= 0.6 is 7.82 Å². The normalized spacial score (nSPS) is 12.5. The van der Waals surface area contributed by atoms with Gasteiger partial charge >= 0.3 is 7.82 Å². The van der Waals surface area contributed by atoms with E-state index in [4.69, 9.17) is 9.79 Å². The minimum atomic E-state index is -4.15. The molecule has 6 heteroatoms. The highest BCUT2D eigenvalue weighted by molar-refractivity contribution is 7.46. The van der Waals surface area contributed by atoms with Gasteiger partial charge in [0, 0.05) is 13.2 Å². The van der Waals surface area contributed by atoms with Crippen molar-refractivity contribution in [3.8, 4) is 0 Å². The molecule has 0 aliphatic heterocycles. The second kappa shape index (κ2) is 8.39. The average Bonchev–Trinajstić information content (AvgIpc) is 2.30. The van der Waals surface area contributed by atoms with Crippen molar-refractivity contribution in [3.63, 3.8) is 0 Å². The van der Waals surface area contributed by atoms with Crippen LogP contribution in [0.15, 0.2) is 30.3 Å². The fourth-order valence-corrected chi connectivity index (χ4v) is 1.07. The number of likely N-dealkylation sites (N-methyl/N-ethyl adjacent to an activating group) is 1. The molecule has 1 rings (SSSR count). The predicted molar refractivity (Wildman–Crippen MR) is 67.7 cm³/mol. The lowest BCUT2D eigenvalue weighted by Gasteiger charge is -2.08. The molecule has 0 fully saturated rings. The first-order valence-corrected chi connectivity index (χ1v) is 6.74. The van der Waals surface area contributed by atoms with Gasteiger partial charge in [-0.15, -0.1) is 0 Å². The molecule has 0 amide bonds. The van der Waals surface area contributed by atoms with E-state index < -0.39 is 7.82 Å². The summed E-state index contributed by atoms with van der Waals surface area (Å²) in [6.45, 7) is 2.19. The zero-order chi connectivity index (χ0) is 13.3. The number of hydrogen-bond donors (Lipinski definition) is 3. The standard InChI is InChI=1S/C10H15N.CH5O4P/c1-9(11-2)8-10-6-4-3-5-7-10;1-5-6(2,3)4/h3-7,9,11H,8H2,1-2H3;1H3,(H2,2,3,4). The Morgan fingerprint density at radius 2 is 1.82 bits per heavy atom. The van der Waals surface area contributed by atoms with Gasteiger partial charge in [0.15, 0.2) is 0 Å². The molecule has 3 N–H and O–H groups in total. The Hall–Kier alpha value is -0.710. The minimum absolute atomic E-state index is 0.567. The molecule has 0 aliphatic carbocycles. The van der Waals surface area contributed by atoms with Crippen molar-refractivity contribution in [1.29, 1.82) is 0 Å². The molecule has 0 spiro atoms. The highest BCUT2D eigenvalue weighted by Crippen LogP contribution is 2.33. The molecule has 5 nitrogen and oxygen atoms in total. The van der Waals surface area contributed by atoms with Crippen molar-refractivity contribution in [2.45, 2.75) is 19.4 Å². The summed E-state index contributed by atoms with van der Waals surface area (Å²) in [5.74, 6) is 0. The summed E-state index contributed by atoms with van der Waals surface area (Å²) in [4.78, 5) is 15.4. The van der Waals surface area contributed by atoms with Crippen LogP contribution in [0.4, 0.5) is 0 Å². The lowest BCUT2D eigenvalue weighted by Crippen LogP contribution is -2.23. The molecule has 1 aromatic rings. The lowest BCUT2D eigenvalue weighted by atomic mass is 10.1. The topological polar surface area (TPSA) is 78.8 Å². The van der Waals surface area contributed by atoms with Gasteiger partial charge in [-0.3, -0.25) is 4.52 Å². The molecule has 1 unspecified atom stereocenters. The van der Waals surface area contributed by atoms with Gasteiger partial charge in [0.05, 0.1) is 0 Å². The van der Waals surface area contributed by atoms with Crippen LogP contribution in [-0.4, -0.2) is 30.0 Å². The predicted octanol–water partition coefficient (Wildman–Crippen LogP) is 1.56. The number of rotatable bonds is 4. The molecule has 17 heavy (non-hydrogen) atoms. The fourth-order valence-electron chi connectivity index (χ4n) is 1.07. The first-order chi connectivity index (χ1) is 7.89. The Morgan fingerprint density at radius 1 is 1.35 bits per heavy atom. The molecule has 98 valence electrons. The van der Waals surface area contributed by atoms with Gasteiger partial charge in [0.2, 0.25) is 0 Å². The molecular weight excluding hydrogens is 241 g/mol. The zero-order valence-electron chi connectivity index (χ0n) is 10.3. The molecule has 0 bridgehead atoms. The van der Waals surface area contributed by atoms with Gasteiger partial charge in [-0.1, -0.05) is 30.3 Å². The fraction of sp³-hybridized carbons (Fsp3) is 0.455. The summed E-state index contributed by atoms with van der Waals surface area (Å²) in [5.41, 5.74) is 1.40. The maximum atomic E-state index is 9.47. The highest BCUT2D eigenvalue weighted by atomic mass is 31.2. The molecule has 0 heterocycles. The van der Waals surface area contributed by atoms with Crippen molar-refractivity contribution >= 4 is 7.82 Å². The van der Waals surface area contributed by atoms with Crippen LogP contribution in [0.2, 0.25) is 0 Å². The van der Waals surface area contributed by atoms with Crippen molar-refractivity contribution in [3.05, 3.63) is 35.9 Å². The summed E-state index contributed by atoms with van der Waals surface area (Å²) >= 11 is 0. The highest BCUT2D eigenvalue weighted by Gasteiger charge is 2.07. The van der Waals surface area contributed by atoms with E-state index in [0.717, 1.165) is 13.5 Å². The summed E-state index contributed by atoms with van der Waals surface area (Å²) in [5, 5.41) is 3.21. The average molecular weight is 261 g/mol. The van der Waals surface area contributed by atoms with Gasteiger partial charge in [-0.2, -0.15) is 0 Å². The van der Waals surface area contributed by atoms with Crippen molar-refractivity contribution in [1.82, 2.24) is 5.32 Å². The van der Waals surface area contributed by atoms with E-state index in [-0.39, 0.29) is 0 Å². The largest absolute Gasteiger partial charge is 0.469 e. The van der Waals surface area contributed by atoms with Crippen LogP contribution in [-0.2, 0) is 15.5 Å². The van der Waals surface area contributed by atoms with Crippen LogP contribution in [0, 0.1) is 0 Å². The van der Waals surface area contributed by atoms with Crippen LogP contribution in [0.3, 0.4) is 0 Å². The molecule has 0 saturated carbocycles. The third kappa shape index (κ3) is 10.2. The second-order valence-corrected chi connectivity index (χ2v) is 4.90. The Morgan fingerprint density at radius 3 is 2.18 bits per heavy atom. The van der Waals surface area contributed by atoms with E-state index >= 15 is 0 Å². The SMILES string of the molecule is CNC(C)Cc1ccccc1.COP(=O)(O)O. The van der Waals surface area contributed by atoms with Crippen LogP contribution in [0.5, 0.6) is 0 Å². The molecule has 0 saturated heterocycles. The second-order valence-electron chi connectivity index (χ2n) is 3.55. The van der Waals surface area contributed by atoms with E-state index in [2.05, 4.69) is 41.0 Å². The van der Waals surface area contributed by atoms with E-state index in [9.17, 15) is 4.57 Å². The van der Waals surface area contributed by atoms with Crippen LogP contribution in [0.25, 0.3) is 0 Å². The Balaban J connectivity index is 0.000000366. The first kappa shape index (κ1) is 16.3. The van der Waals surface area contributed by atoms with Gasteiger partial charge in [-0.05, 0) is 26.0 Å². The maximum absolute atomic E-state index is 9.47. The van der Waals surface area contributed by atoms with Gasteiger partial charge in [0.25, 0.3) is 0 Å². The number of phosphoric ester groups is 1. The maximum Gasteiger partial charge on any atom is 0.469 e. The minimum Gasteiger partial charge on any atom is -0.317 e. The zero-order valence-corrected chi connectivity index (χ0v) is 11.2. The molecule has 1 atom stereocenters. The number of benzene rings is 1. The van der Waals surface area contributed by atoms with E-state index in [1.165, 1.54) is 5.56 Å². The van der Waals surface area contributed by atoms with Gasteiger partial charge in [-0.25, -0.2) is 4.57 Å². The summed E-state index contributed by atoms with van der Waals surface area (Å²) < 4.78 is 13.1. The quantitative estimate of drug-likeness (QED) is 0.717. The van der Waals surface area contributed by atoms with E-state index in [0.29, 0.717) is 6.04 Å². The Kier molecular flexibility index (Phi) is 8.04. The lowest BCUT2D eigenvalue weighted by molar-refractivity contribution is 0.235. The Labute approximate surface area is 102 Å². The Bertz CT molecular complexity index is 339. The summed E-state index contributed by atoms with van der Waals surface area (Å²) in [7, 11) is -1.21. The van der Waals surface area contributed by atoms with Crippen molar-refractivity contribution in [2.75, 3.05) is 14.2 Å². The van der Waals surface area contributed by atoms with E-state index in [1.54, 1.807) is 0 Å². The summed E-state index contributed by atoms with van der Waals surface area (Å²) in [6.07, 6.45) is 1.11. The molecule has 1 aromatic carbocycles. The van der Waals surface area contributed by atoms with Crippen molar-refractivity contribution < 1.29 is 18.9 Å². The van der Waals surface area contributed by atoms with Gasteiger partial charge < -0.3 is 15.1 Å². The summed E-state index contributed by atoms with van der Waals surface area (Å²) in [6, 6.07) is 11.1. The van der Waals surface area contributed by atoms with Crippen LogP contribution in [0.1, 0.15) is 12.5 Å². The molecule has 0 aliphatic rings. The van der Waals surface area contributed by atoms with Crippen molar-refractivity contribution in [2.24, 2.45) is 0 Å². The van der Waals surface area contributed by atoms with Gasteiger partial charge in [0.1, 0.15) is 0 Å². The third-order valence-corrected chi connectivity index (χ3v) is 2.59. The van der Waals surface area contributed by atoms with E-state index in [1.807, 2.05) is 13.1 Å². The first-order valence-electron chi connectivity index (χ1n) is 5.21. The number of hydrogen-bond acceptors (Lipinski definition) is 3. The monoisotopic (exact) mass is 261 g/mol. The molecule has 0 radical (unpaired) electrons. The van der Waals surface area contributed by atoms with Crippen LogP contribution < -0.4 is 5.32 Å².